The molecule has 6 nitrogen and oxygen atoms in total. The number of nitrogens with one attached hydrogen (secondary N) is 1. The standard InChI is InChI=1S/C18H22N4O2S/c1-18(2,3)16-20-21-17(25-16)19-15(24)12-7-9-13(10-8-12)22-11-5-4-6-14(22)23/h7-10H,4-6,11H2,1-3H3,(H,19,21,24). The number of amides is 2. The predicted molar refractivity (Wildman–Crippen MR) is 99.2 cm³/mol. The van der Waals surface area contributed by atoms with Gasteiger partial charge in [0.1, 0.15) is 5.01 Å². The van der Waals surface area contributed by atoms with Crippen molar-refractivity contribution < 1.29 is 9.59 Å². The van der Waals surface area contributed by atoms with E-state index in [2.05, 4.69) is 36.3 Å². The van der Waals surface area contributed by atoms with Crippen LogP contribution in [0.25, 0.3) is 0 Å². The summed E-state index contributed by atoms with van der Waals surface area (Å²) in [4.78, 5) is 26.1. The maximum Gasteiger partial charge on any atom is 0.257 e. The second-order valence-corrected chi connectivity index (χ2v) is 8.14. The molecule has 0 aliphatic carbocycles. The van der Waals surface area contributed by atoms with Crippen LogP contribution in [0.1, 0.15) is 55.4 Å². The number of hydrogen-bond donors (Lipinski definition) is 1. The summed E-state index contributed by atoms with van der Waals surface area (Å²) in [6.45, 7) is 6.91. The van der Waals surface area contributed by atoms with Crippen LogP contribution < -0.4 is 10.2 Å². The maximum absolute atomic E-state index is 12.4. The molecule has 0 atom stereocenters. The van der Waals surface area contributed by atoms with Gasteiger partial charge in [-0.15, -0.1) is 10.2 Å². The Balaban J connectivity index is 1.68. The molecule has 0 bridgehead atoms. The second-order valence-electron chi connectivity index (χ2n) is 7.17. The molecule has 0 radical (unpaired) electrons. The van der Waals surface area contributed by atoms with Gasteiger partial charge in [-0.2, -0.15) is 0 Å². The third-order valence-electron chi connectivity index (χ3n) is 4.05. The first kappa shape index (κ1) is 17.5. The highest BCUT2D eigenvalue weighted by Crippen LogP contribution is 2.28. The van der Waals surface area contributed by atoms with Crippen molar-refractivity contribution in [3.63, 3.8) is 0 Å². The zero-order valence-corrected chi connectivity index (χ0v) is 15.5. The van der Waals surface area contributed by atoms with Crippen LogP contribution in [0.2, 0.25) is 0 Å². The van der Waals surface area contributed by atoms with Crippen molar-refractivity contribution >= 4 is 34.0 Å². The lowest BCUT2D eigenvalue weighted by atomic mass is 9.98. The summed E-state index contributed by atoms with van der Waals surface area (Å²) in [5.74, 6) is -0.0832. The van der Waals surface area contributed by atoms with Crippen molar-refractivity contribution in [2.75, 3.05) is 16.8 Å². The van der Waals surface area contributed by atoms with Crippen LogP contribution in [0.4, 0.5) is 10.8 Å². The molecule has 25 heavy (non-hydrogen) atoms. The molecular formula is C18H22N4O2S. The highest BCUT2D eigenvalue weighted by molar-refractivity contribution is 7.15. The molecule has 2 heterocycles. The minimum absolute atomic E-state index is 0.0940. The number of benzene rings is 1. The molecule has 1 saturated heterocycles. The molecule has 1 aromatic heterocycles. The van der Waals surface area contributed by atoms with Gasteiger partial charge in [0.25, 0.3) is 5.91 Å². The fraction of sp³-hybridized carbons (Fsp3) is 0.444. The Morgan fingerprint density at radius 1 is 1.16 bits per heavy atom. The van der Waals surface area contributed by atoms with Gasteiger partial charge in [-0.3, -0.25) is 14.9 Å². The first-order chi connectivity index (χ1) is 11.8. The van der Waals surface area contributed by atoms with E-state index in [9.17, 15) is 9.59 Å². The molecule has 3 rings (SSSR count). The zero-order valence-electron chi connectivity index (χ0n) is 14.7. The Bertz CT molecular complexity index is 777. The van der Waals surface area contributed by atoms with Crippen LogP contribution >= 0.6 is 11.3 Å². The number of carbonyl (C=O) groups is 2. The monoisotopic (exact) mass is 358 g/mol. The first-order valence-electron chi connectivity index (χ1n) is 8.40. The summed E-state index contributed by atoms with van der Waals surface area (Å²) >= 11 is 1.38. The molecule has 2 amide bonds. The van der Waals surface area contributed by atoms with Crippen molar-refractivity contribution in [3.8, 4) is 0 Å². The van der Waals surface area contributed by atoms with E-state index in [4.69, 9.17) is 0 Å². The first-order valence-corrected chi connectivity index (χ1v) is 9.22. The van der Waals surface area contributed by atoms with Gasteiger partial charge in [0.05, 0.1) is 0 Å². The molecule has 1 aliphatic heterocycles. The highest BCUT2D eigenvalue weighted by Gasteiger charge is 2.21. The fourth-order valence-corrected chi connectivity index (χ4v) is 3.41. The zero-order chi connectivity index (χ0) is 18.0. The third kappa shape index (κ3) is 4.04. The van der Waals surface area contributed by atoms with Gasteiger partial charge in [0.2, 0.25) is 11.0 Å². The van der Waals surface area contributed by atoms with Crippen molar-refractivity contribution in [1.82, 2.24) is 10.2 Å². The van der Waals surface area contributed by atoms with Gasteiger partial charge in [0.15, 0.2) is 0 Å². The Morgan fingerprint density at radius 3 is 2.48 bits per heavy atom. The number of piperidine rings is 1. The molecule has 0 unspecified atom stereocenters. The summed E-state index contributed by atoms with van der Waals surface area (Å²) in [7, 11) is 0. The lowest BCUT2D eigenvalue weighted by molar-refractivity contribution is -0.119. The van der Waals surface area contributed by atoms with E-state index in [-0.39, 0.29) is 17.2 Å². The summed E-state index contributed by atoms with van der Waals surface area (Å²) in [5.41, 5.74) is 1.27. The number of anilines is 2. The smallest absolute Gasteiger partial charge is 0.257 e. The fourth-order valence-electron chi connectivity index (χ4n) is 2.62. The normalized spacial score (nSPS) is 15.3. The summed E-state index contributed by atoms with van der Waals surface area (Å²) < 4.78 is 0. The number of carbonyl (C=O) groups excluding carboxylic acids is 2. The number of aromatic nitrogens is 2. The molecule has 0 saturated carbocycles. The third-order valence-corrected chi connectivity index (χ3v) is 5.32. The molecule has 0 spiro atoms. The maximum atomic E-state index is 12.4. The second kappa shape index (κ2) is 6.92. The largest absolute Gasteiger partial charge is 0.312 e. The van der Waals surface area contributed by atoms with Crippen LogP contribution in [-0.4, -0.2) is 28.6 Å². The number of rotatable bonds is 3. The Hall–Kier alpha value is -2.28. The van der Waals surface area contributed by atoms with E-state index < -0.39 is 0 Å². The predicted octanol–water partition coefficient (Wildman–Crippen LogP) is 3.60. The molecule has 1 aromatic carbocycles. The molecule has 1 fully saturated rings. The minimum atomic E-state index is -0.229. The molecule has 132 valence electrons. The lowest BCUT2D eigenvalue weighted by Gasteiger charge is -2.26. The van der Waals surface area contributed by atoms with Crippen molar-refractivity contribution in [1.29, 1.82) is 0 Å². The SMILES string of the molecule is CC(C)(C)c1nnc(NC(=O)c2ccc(N3CCCCC3=O)cc2)s1. The Labute approximate surface area is 151 Å². The topological polar surface area (TPSA) is 75.2 Å². The van der Waals surface area contributed by atoms with Crippen LogP contribution in [-0.2, 0) is 10.2 Å². The van der Waals surface area contributed by atoms with Crippen LogP contribution in [0.15, 0.2) is 24.3 Å². The van der Waals surface area contributed by atoms with Gasteiger partial charge in [-0.05, 0) is 37.1 Å². The van der Waals surface area contributed by atoms with E-state index >= 15 is 0 Å². The van der Waals surface area contributed by atoms with E-state index in [1.54, 1.807) is 17.0 Å². The van der Waals surface area contributed by atoms with Crippen LogP contribution in [0.3, 0.4) is 0 Å². The van der Waals surface area contributed by atoms with Crippen molar-refractivity contribution in [2.24, 2.45) is 0 Å². The molecule has 1 aliphatic rings. The summed E-state index contributed by atoms with van der Waals surface area (Å²) in [6.07, 6.45) is 2.56. The van der Waals surface area contributed by atoms with Crippen molar-refractivity contribution in [2.45, 2.75) is 45.4 Å². The molecule has 1 N–H and O–H groups in total. The van der Waals surface area contributed by atoms with Gasteiger partial charge >= 0.3 is 0 Å². The molecule has 7 heteroatoms. The van der Waals surface area contributed by atoms with E-state index in [1.807, 2.05) is 12.1 Å². The summed E-state index contributed by atoms with van der Waals surface area (Å²) in [6, 6.07) is 7.11. The van der Waals surface area contributed by atoms with E-state index in [1.165, 1.54) is 11.3 Å². The van der Waals surface area contributed by atoms with Gasteiger partial charge < -0.3 is 4.90 Å². The Kier molecular flexibility index (Phi) is 4.85. The quantitative estimate of drug-likeness (QED) is 0.909. The average molecular weight is 358 g/mol. The van der Waals surface area contributed by atoms with Crippen molar-refractivity contribution in [3.05, 3.63) is 34.8 Å². The van der Waals surface area contributed by atoms with Gasteiger partial charge in [-0.1, -0.05) is 32.1 Å². The van der Waals surface area contributed by atoms with E-state index in [0.29, 0.717) is 17.1 Å². The number of nitrogens with zero attached hydrogens (tertiary/aromatic N) is 3. The van der Waals surface area contributed by atoms with E-state index in [0.717, 1.165) is 30.1 Å². The van der Waals surface area contributed by atoms with Gasteiger partial charge in [-0.25, -0.2) is 0 Å². The minimum Gasteiger partial charge on any atom is -0.312 e. The van der Waals surface area contributed by atoms with Crippen LogP contribution in [0, 0.1) is 0 Å². The molecular weight excluding hydrogens is 336 g/mol. The molecule has 2 aromatic rings. The number of hydrogen-bond acceptors (Lipinski definition) is 5. The van der Waals surface area contributed by atoms with Gasteiger partial charge in [0, 0.05) is 29.6 Å². The van der Waals surface area contributed by atoms with Crippen LogP contribution in [0.5, 0.6) is 0 Å². The average Bonchev–Trinajstić information content (AvgIpc) is 3.04. The lowest BCUT2D eigenvalue weighted by Crippen LogP contribution is -2.35. The Morgan fingerprint density at radius 2 is 1.88 bits per heavy atom. The highest BCUT2D eigenvalue weighted by atomic mass is 32.1. The summed E-state index contributed by atoms with van der Waals surface area (Å²) in [5, 5.41) is 12.3.